The number of pyridine rings is 2. The predicted molar refractivity (Wildman–Crippen MR) is 97.7 cm³/mol. The summed E-state index contributed by atoms with van der Waals surface area (Å²) in [6.07, 6.45) is -3.73. The summed E-state index contributed by atoms with van der Waals surface area (Å²) in [4.78, 5) is 10.0. The van der Waals surface area contributed by atoms with E-state index in [2.05, 4.69) is 15.0 Å². The average Bonchev–Trinajstić information content (AvgIpc) is 3.02. The molecule has 16 heteroatoms. The molecule has 0 aliphatic heterocycles. The number of hydrogen-bond donors (Lipinski definition) is 0. The number of rotatable bonds is 4. The van der Waals surface area contributed by atoms with Crippen LogP contribution in [0.15, 0.2) is 34.4 Å². The Morgan fingerprint density at radius 2 is 1.59 bits per heavy atom. The van der Waals surface area contributed by atoms with Crippen LogP contribution in [0.4, 0.5) is 26.3 Å². The quantitative estimate of drug-likeness (QED) is 0.504. The van der Waals surface area contributed by atoms with Gasteiger partial charge < -0.3 is 4.57 Å². The molecule has 32 heavy (non-hydrogen) atoms. The lowest BCUT2D eigenvalue weighted by Crippen LogP contribution is -2.24. The van der Waals surface area contributed by atoms with E-state index in [-0.39, 0.29) is 16.9 Å². The van der Waals surface area contributed by atoms with Gasteiger partial charge in [0, 0.05) is 19.3 Å². The van der Waals surface area contributed by atoms with Gasteiger partial charge in [0.2, 0.25) is 0 Å². The lowest BCUT2D eigenvalue weighted by molar-refractivity contribution is -0.138. The number of alkyl halides is 6. The molecule has 0 saturated carbocycles. The third-order valence-corrected chi connectivity index (χ3v) is 7.55. The highest BCUT2D eigenvalue weighted by molar-refractivity contribution is 7.92. The highest BCUT2D eigenvalue weighted by Gasteiger charge is 2.48. The van der Waals surface area contributed by atoms with E-state index in [1.54, 1.807) is 0 Å². The Labute approximate surface area is 176 Å². The van der Waals surface area contributed by atoms with Crippen molar-refractivity contribution in [3.63, 3.8) is 0 Å². The van der Waals surface area contributed by atoms with Gasteiger partial charge in [-0.3, -0.25) is 4.98 Å². The summed E-state index contributed by atoms with van der Waals surface area (Å²) in [6, 6.07) is 0.915. The Hall–Kier alpha value is -2.75. The van der Waals surface area contributed by atoms with Crippen LogP contribution in [-0.4, -0.2) is 47.6 Å². The zero-order valence-electron chi connectivity index (χ0n) is 16.0. The van der Waals surface area contributed by atoms with Crippen LogP contribution in [0.25, 0.3) is 22.6 Å². The summed E-state index contributed by atoms with van der Waals surface area (Å²) in [5.74, 6) is -0.883. The van der Waals surface area contributed by atoms with Crippen molar-refractivity contribution < 1.29 is 43.2 Å². The van der Waals surface area contributed by atoms with Gasteiger partial charge in [0.05, 0.1) is 33.4 Å². The summed E-state index contributed by atoms with van der Waals surface area (Å²) in [5, 5.41) is -1.34. The first-order valence-electron chi connectivity index (χ1n) is 8.45. The molecular weight excluding hydrogens is 490 g/mol. The first-order valence-corrected chi connectivity index (χ1v) is 11.6. The van der Waals surface area contributed by atoms with E-state index in [1.165, 1.54) is 14.0 Å². The Morgan fingerprint density at radius 1 is 0.969 bits per heavy atom. The van der Waals surface area contributed by atoms with E-state index in [0.29, 0.717) is 18.3 Å². The summed E-state index contributed by atoms with van der Waals surface area (Å²) < 4.78 is 127. The molecular formula is C16H12F6N4O4S2. The van der Waals surface area contributed by atoms with Crippen molar-refractivity contribution >= 4 is 30.7 Å². The van der Waals surface area contributed by atoms with Crippen LogP contribution in [0, 0.1) is 0 Å². The molecule has 0 atom stereocenters. The molecule has 8 nitrogen and oxygen atoms in total. The van der Waals surface area contributed by atoms with Gasteiger partial charge >= 0.3 is 11.7 Å². The van der Waals surface area contributed by atoms with Gasteiger partial charge in [0.1, 0.15) is 5.69 Å². The standard InChI is InChI=1S/C16H12F6N4O4S2/c1-3-31(27,28)11-4-8(15(17,18)19)6-24-13(11)14-25-9-5-12(23-7-10(9)26(14)2)32(29,30)16(20,21)22/h4-7H,3H2,1-2H3. The number of aromatic nitrogens is 4. The summed E-state index contributed by atoms with van der Waals surface area (Å²) in [7, 11) is -8.75. The molecule has 3 aromatic rings. The SMILES string of the molecule is CCS(=O)(=O)c1cc(C(F)(F)F)cnc1-c1nc2cc(S(=O)(=O)C(F)(F)F)ncc2n1C. The van der Waals surface area contributed by atoms with Crippen LogP contribution in [0.2, 0.25) is 0 Å². The Morgan fingerprint density at radius 3 is 2.12 bits per heavy atom. The van der Waals surface area contributed by atoms with Gasteiger partial charge in [-0.05, 0) is 6.07 Å². The second-order valence-corrected chi connectivity index (χ2v) is 10.6. The van der Waals surface area contributed by atoms with Gasteiger partial charge in [-0.25, -0.2) is 26.8 Å². The first-order chi connectivity index (χ1) is 14.5. The Balaban J connectivity index is 2.30. The topological polar surface area (TPSA) is 112 Å². The minimum atomic E-state index is -5.79. The minimum Gasteiger partial charge on any atom is -0.324 e. The molecule has 0 radical (unpaired) electrons. The Kier molecular flexibility index (Phi) is 5.53. The minimum absolute atomic E-state index is 0.0114. The van der Waals surface area contributed by atoms with Crippen LogP contribution in [0.5, 0.6) is 0 Å². The maximum atomic E-state index is 13.1. The second-order valence-electron chi connectivity index (χ2n) is 6.43. The third kappa shape index (κ3) is 3.92. The number of aryl methyl sites for hydroxylation is 1. The Bertz CT molecular complexity index is 1430. The molecule has 3 aromatic heterocycles. The molecule has 0 aliphatic carbocycles. The number of fused-ring (bicyclic) bond motifs is 1. The van der Waals surface area contributed by atoms with E-state index in [9.17, 15) is 43.2 Å². The van der Waals surface area contributed by atoms with Crippen molar-refractivity contribution in [3.05, 3.63) is 30.1 Å². The number of nitrogens with zero attached hydrogens (tertiary/aromatic N) is 4. The lowest BCUT2D eigenvalue weighted by Gasteiger charge is -2.12. The number of hydrogen-bond acceptors (Lipinski definition) is 7. The maximum Gasteiger partial charge on any atom is 0.503 e. The number of imidazole rings is 1. The molecule has 0 fully saturated rings. The van der Waals surface area contributed by atoms with Crippen LogP contribution < -0.4 is 0 Å². The van der Waals surface area contributed by atoms with Gasteiger partial charge in [-0.1, -0.05) is 6.92 Å². The van der Waals surface area contributed by atoms with Crippen molar-refractivity contribution in [2.75, 3.05) is 5.75 Å². The van der Waals surface area contributed by atoms with Crippen LogP contribution >= 0.6 is 0 Å². The van der Waals surface area contributed by atoms with Crippen LogP contribution in [0.1, 0.15) is 12.5 Å². The maximum absolute atomic E-state index is 13.1. The van der Waals surface area contributed by atoms with Crippen molar-refractivity contribution in [3.8, 4) is 11.5 Å². The largest absolute Gasteiger partial charge is 0.503 e. The monoisotopic (exact) mass is 502 g/mol. The third-order valence-electron chi connectivity index (χ3n) is 4.43. The molecule has 0 aromatic carbocycles. The number of halogens is 6. The van der Waals surface area contributed by atoms with Crippen LogP contribution in [-0.2, 0) is 32.9 Å². The van der Waals surface area contributed by atoms with Crippen molar-refractivity contribution in [1.29, 1.82) is 0 Å². The zero-order valence-corrected chi connectivity index (χ0v) is 17.7. The summed E-state index contributed by atoms with van der Waals surface area (Å²) in [6.45, 7) is 1.20. The molecule has 0 N–H and O–H groups in total. The van der Waals surface area contributed by atoms with Crippen LogP contribution in [0.3, 0.4) is 0 Å². The molecule has 0 bridgehead atoms. The second kappa shape index (κ2) is 7.40. The summed E-state index contributed by atoms with van der Waals surface area (Å²) in [5.41, 5.74) is -7.77. The molecule has 3 rings (SSSR count). The van der Waals surface area contributed by atoms with Crippen molar-refractivity contribution in [2.24, 2.45) is 7.05 Å². The van der Waals surface area contributed by atoms with Gasteiger partial charge in [-0.2, -0.15) is 26.3 Å². The molecule has 0 amide bonds. The van der Waals surface area contributed by atoms with E-state index in [4.69, 9.17) is 0 Å². The predicted octanol–water partition coefficient (Wildman–Crippen LogP) is 3.14. The van der Waals surface area contributed by atoms with Crippen molar-refractivity contribution in [2.45, 2.75) is 28.5 Å². The molecule has 0 unspecified atom stereocenters. The highest BCUT2D eigenvalue weighted by Crippen LogP contribution is 2.35. The fourth-order valence-corrected chi connectivity index (χ4v) is 4.46. The molecule has 0 spiro atoms. The fourth-order valence-electron chi connectivity index (χ4n) is 2.71. The van der Waals surface area contributed by atoms with E-state index in [0.717, 1.165) is 10.8 Å². The molecule has 0 saturated heterocycles. The number of sulfone groups is 2. The van der Waals surface area contributed by atoms with Gasteiger partial charge in [0.25, 0.3) is 9.84 Å². The normalized spacial score (nSPS) is 13.6. The molecule has 0 aliphatic rings. The van der Waals surface area contributed by atoms with Gasteiger partial charge in [-0.15, -0.1) is 0 Å². The summed E-state index contributed by atoms with van der Waals surface area (Å²) >= 11 is 0. The van der Waals surface area contributed by atoms with Crippen molar-refractivity contribution in [1.82, 2.24) is 19.5 Å². The zero-order chi connectivity index (χ0) is 24.3. The van der Waals surface area contributed by atoms with E-state index >= 15 is 0 Å². The molecule has 3 heterocycles. The van der Waals surface area contributed by atoms with E-state index in [1.807, 2.05) is 0 Å². The van der Waals surface area contributed by atoms with E-state index < -0.39 is 58.3 Å². The smallest absolute Gasteiger partial charge is 0.324 e. The first kappa shape index (κ1) is 23.9. The molecule has 174 valence electrons. The fraction of sp³-hybridized carbons (Fsp3) is 0.312. The highest BCUT2D eigenvalue weighted by atomic mass is 32.2. The lowest BCUT2D eigenvalue weighted by atomic mass is 10.2. The average molecular weight is 502 g/mol. The van der Waals surface area contributed by atoms with Gasteiger partial charge in [0.15, 0.2) is 20.7 Å².